The predicted molar refractivity (Wildman–Crippen MR) is 45.1 cm³/mol. The Morgan fingerprint density at radius 2 is 1.57 bits per heavy atom. The first-order valence-electron chi connectivity index (χ1n) is 3.88. The van der Waals surface area contributed by atoms with E-state index in [1.165, 1.54) is 0 Å². The van der Waals surface area contributed by atoms with Crippen molar-refractivity contribution in [2.24, 2.45) is 5.11 Å². The highest BCUT2D eigenvalue weighted by Gasteiger charge is 2.29. The molecular weight excluding hydrogens is 194 g/mol. The van der Waals surface area contributed by atoms with E-state index in [0.717, 1.165) is 0 Å². The number of aliphatic hydroxyl groups excluding tert-OH is 5. The zero-order valence-electron chi connectivity index (χ0n) is 7.30. The van der Waals surface area contributed by atoms with Crippen LogP contribution in [-0.2, 0) is 0 Å². The van der Waals surface area contributed by atoms with Gasteiger partial charge in [0.05, 0.1) is 19.3 Å². The number of nitrogens with zero attached hydrogens (tertiary/aromatic N) is 3. The van der Waals surface area contributed by atoms with E-state index in [4.69, 9.17) is 31.1 Å². The van der Waals surface area contributed by atoms with Gasteiger partial charge in [0, 0.05) is 4.91 Å². The zero-order valence-corrected chi connectivity index (χ0v) is 7.30. The van der Waals surface area contributed by atoms with Crippen molar-refractivity contribution in [1.82, 2.24) is 0 Å². The maximum Gasteiger partial charge on any atom is 0.110 e. The first kappa shape index (κ1) is 13.1. The SMILES string of the molecule is [N-]=[N+]=NC[C@H](O)[C@@H](O)[C@H](O)[C@H](O)CO. The van der Waals surface area contributed by atoms with Crippen molar-refractivity contribution in [1.29, 1.82) is 0 Å². The number of aliphatic hydroxyl groups is 5. The van der Waals surface area contributed by atoms with E-state index in [0.29, 0.717) is 0 Å². The molecule has 8 nitrogen and oxygen atoms in total. The zero-order chi connectivity index (χ0) is 11.1. The lowest BCUT2D eigenvalue weighted by molar-refractivity contribution is -0.112. The minimum atomic E-state index is -1.69. The second-order valence-electron chi connectivity index (χ2n) is 2.71. The lowest BCUT2D eigenvalue weighted by Gasteiger charge is -2.24. The van der Waals surface area contributed by atoms with Gasteiger partial charge in [-0.15, -0.1) is 0 Å². The van der Waals surface area contributed by atoms with E-state index < -0.39 is 37.6 Å². The Balaban J connectivity index is 4.15. The summed E-state index contributed by atoms with van der Waals surface area (Å²) in [5.74, 6) is 0. The van der Waals surface area contributed by atoms with Gasteiger partial charge in [0.1, 0.15) is 18.3 Å². The third-order valence-corrected chi connectivity index (χ3v) is 1.66. The summed E-state index contributed by atoms with van der Waals surface area (Å²) in [6.45, 7) is -1.17. The van der Waals surface area contributed by atoms with Gasteiger partial charge in [-0.3, -0.25) is 0 Å². The Hall–Kier alpha value is -0.890. The predicted octanol–water partition coefficient (Wildman–Crippen LogP) is -2.27. The molecule has 0 aliphatic rings. The fraction of sp³-hybridized carbons (Fsp3) is 1.00. The number of rotatable bonds is 6. The topological polar surface area (TPSA) is 150 Å². The van der Waals surface area contributed by atoms with Crippen LogP contribution < -0.4 is 0 Å². The van der Waals surface area contributed by atoms with Crippen molar-refractivity contribution in [3.05, 3.63) is 10.4 Å². The molecule has 14 heavy (non-hydrogen) atoms. The summed E-state index contributed by atoms with van der Waals surface area (Å²) in [6, 6.07) is 0. The maximum atomic E-state index is 9.16. The van der Waals surface area contributed by atoms with Crippen LogP contribution in [-0.4, -0.2) is 63.1 Å². The summed E-state index contributed by atoms with van der Waals surface area (Å²) in [6.07, 6.45) is -6.40. The molecule has 0 spiro atoms. The molecule has 0 rings (SSSR count). The van der Waals surface area contributed by atoms with Gasteiger partial charge in [0.25, 0.3) is 0 Å². The standard InChI is InChI=1S/C6H13N3O5/c7-9-8-1-3(11)5(13)6(14)4(12)2-10/h3-6,10-14H,1-2H2/t3-,4+,5+,6+/m0/s1. The van der Waals surface area contributed by atoms with Crippen LogP contribution in [0.4, 0.5) is 0 Å². The van der Waals surface area contributed by atoms with Crippen LogP contribution in [0.25, 0.3) is 10.4 Å². The van der Waals surface area contributed by atoms with Crippen molar-refractivity contribution in [3.8, 4) is 0 Å². The molecule has 82 valence electrons. The smallest absolute Gasteiger partial charge is 0.110 e. The van der Waals surface area contributed by atoms with Crippen LogP contribution >= 0.6 is 0 Å². The van der Waals surface area contributed by atoms with Gasteiger partial charge in [-0.2, -0.15) is 0 Å². The van der Waals surface area contributed by atoms with Crippen LogP contribution in [0.15, 0.2) is 5.11 Å². The van der Waals surface area contributed by atoms with Crippen LogP contribution in [0.1, 0.15) is 0 Å². The van der Waals surface area contributed by atoms with Crippen LogP contribution in [0.5, 0.6) is 0 Å². The second kappa shape index (κ2) is 6.55. The van der Waals surface area contributed by atoms with E-state index in [1.54, 1.807) is 0 Å². The molecule has 0 aliphatic heterocycles. The normalized spacial score (nSPS) is 19.2. The summed E-state index contributed by atoms with van der Waals surface area (Å²) >= 11 is 0. The molecular formula is C6H13N3O5. The molecule has 0 aromatic rings. The molecule has 0 saturated carbocycles. The van der Waals surface area contributed by atoms with Crippen molar-refractivity contribution >= 4 is 0 Å². The van der Waals surface area contributed by atoms with Gasteiger partial charge in [0.15, 0.2) is 0 Å². The molecule has 0 amide bonds. The quantitative estimate of drug-likeness (QED) is 0.189. The molecule has 0 aromatic carbocycles. The van der Waals surface area contributed by atoms with Gasteiger partial charge >= 0.3 is 0 Å². The molecule has 0 bridgehead atoms. The Morgan fingerprint density at radius 3 is 2.00 bits per heavy atom. The lowest BCUT2D eigenvalue weighted by atomic mass is 10.0. The van der Waals surface area contributed by atoms with Gasteiger partial charge in [-0.05, 0) is 5.53 Å². The van der Waals surface area contributed by atoms with E-state index in [2.05, 4.69) is 10.0 Å². The second-order valence-corrected chi connectivity index (χ2v) is 2.71. The third kappa shape index (κ3) is 3.88. The van der Waals surface area contributed by atoms with Crippen LogP contribution in [0, 0.1) is 0 Å². The summed E-state index contributed by atoms with van der Waals surface area (Å²) < 4.78 is 0. The molecule has 0 aliphatic carbocycles. The van der Waals surface area contributed by atoms with Crippen molar-refractivity contribution < 1.29 is 25.5 Å². The van der Waals surface area contributed by atoms with E-state index in [1.807, 2.05) is 0 Å². The largest absolute Gasteiger partial charge is 0.394 e. The Morgan fingerprint density at radius 1 is 1.07 bits per heavy atom. The summed E-state index contributed by atoms with van der Waals surface area (Å²) in [5.41, 5.74) is 7.90. The molecule has 0 heterocycles. The highest BCUT2D eigenvalue weighted by Crippen LogP contribution is 2.05. The summed E-state index contributed by atoms with van der Waals surface area (Å²) in [7, 11) is 0. The highest BCUT2D eigenvalue weighted by molar-refractivity contribution is 4.81. The van der Waals surface area contributed by atoms with Gasteiger partial charge < -0.3 is 25.5 Å². The molecule has 0 unspecified atom stereocenters. The minimum absolute atomic E-state index is 0.424. The van der Waals surface area contributed by atoms with Crippen molar-refractivity contribution in [3.63, 3.8) is 0 Å². The highest BCUT2D eigenvalue weighted by atomic mass is 16.4. The Bertz CT molecular complexity index is 208. The molecule has 0 saturated heterocycles. The molecule has 5 N–H and O–H groups in total. The molecule has 0 fully saturated rings. The molecule has 0 aromatic heterocycles. The molecule has 4 atom stereocenters. The van der Waals surface area contributed by atoms with Crippen molar-refractivity contribution in [2.75, 3.05) is 13.2 Å². The number of azide groups is 1. The number of hydrogen-bond donors (Lipinski definition) is 5. The average Bonchev–Trinajstić information content (AvgIpc) is 2.22. The maximum absolute atomic E-state index is 9.16. The van der Waals surface area contributed by atoms with Gasteiger partial charge in [0.2, 0.25) is 0 Å². The van der Waals surface area contributed by atoms with Crippen molar-refractivity contribution in [2.45, 2.75) is 24.4 Å². The first-order chi connectivity index (χ1) is 6.54. The van der Waals surface area contributed by atoms with Gasteiger partial charge in [-0.1, -0.05) is 5.11 Å². The van der Waals surface area contributed by atoms with E-state index >= 15 is 0 Å². The lowest BCUT2D eigenvalue weighted by Crippen LogP contribution is -2.46. The van der Waals surface area contributed by atoms with E-state index in [-0.39, 0.29) is 0 Å². The average molecular weight is 207 g/mol. The molecule has 8 heteroatoms. The summed E-state index contributed by atoms with van der Waals surface area (Å²) in [5, 5.41) is 47.7. The molecule has 0 radical (unpaired) electrons. The fourth-order valence-corrected chi connectivity index (χ4v) is 0.791. The van der Waals surface area contributed by atoms with E-state index in [9.17, 15) is 0 Å². The fourth-order valence-electron chi connectivity index (χ4n) is 0.791. The van der Waals surface area contributed by atoms with Crippen LogP contribution in [0.3, 0.4) is 0 Å². The summed E-state index contributed by atoms with van der Waals surface area (Å²) in [4.78, 5) is 2.34. The minimum Gasteiger partial charge on any atom is -0.394 e. The number of hydrogen-bond acceptors (Lipinski definition) is 6. The Labute approximate surface area is 79.7 Å². The monoisotopic (exact) mass is 207 g/mol. The van der Waals surface area contributed by atoms with Gasteiger partial charge in [-0.25, -0.2) is 0 Å². The van der Waals surface area contributed by atoms with Crippen LogP contribution in [0.2, 0.25) is 0 Å². The Kier molecular flexibility index (Phi) is 6.13. The first-order valence-corrected chi connectivity index (χ1v) is 3.88. The third-order valence-electron chi connectivity index (χ3n) is 1.66.